The van der Waals surface area contributed by atoms with Crippen molar-refractivity contribution in [2.75, 3.05) is 12.0 Å². The molecular formula is C27H22FN3O3S. The normalized spacial score (nSPS) is 17.3. The van der Waals surface area contributed by atoms with Gasteiger partial charge in [-0.2, -0.15) is 0 Å². The molecule has 8 heteroatoms. The number of nitrogens with one attached hydrogen (secondary N) is 1. The molecule has 1 aliphatic heterocycles. The van der Waals surface area contributed by atoms with Crippen molar-refractivity contribution in [3.8, 4) is 11.3 Å². The van der Waals surface area contributed by atoms with E-state index in [1.165, 1.54) is 13.2 Å². The van der Waals surface area contributed by atoms with Gasteiger partial charge in [-0.3, -0.25) is 4.98 Å². The number of nitrogens with zero attached hydrogens (tertiary/aromatic N) is 2. The Bertz CT molecular complexity index is 1410. The number of benzene rings is 2. The molecule has 0 bridgehead atoms. The molecule has 4 aromatic rings. The van der Waals surface area contributed by atoms with E-state index < -0.39 is 5.97 Å². The molecule has 5 rings (SSSR count). The molecule has 0 unspecified atom stereocenters. The van der Waals surface area contributed by atoms with Crippen LogP contribution in [0.1, 0.15) is 39.5 Å². The largest absolute Gasteiger partial charge is 0.465 e. The van der Waals surface area contributed by atoms with Gasteiger partial charge in [0.25, 0.3) is 0 Å². The van der Waals surface area contributed by atoms with Crippen LogP contribution in [0, 0.1) is 12.7 Å². The van der Waals surface area contributed by atoms with Gasteiger partial charge in [-0.25, -0.2) is 9.18 Å². The number of furan rings is 1. The molecule has 1 fully saturated rings. The summed E-state index contributed by atoms with van der Waals surface area (Å²) >= 11 is 5.71. The SMILES string of the molecule is COC(=O)c1cccc(-c2ccc([C@H]3[C@H](c4ccccn4)NC(=S)N3c3ccc(F)c(C)c3)o2)c1. The average molecular weight is 488 g/mol. The maximum Gasteiger partial charge on any atom is 0.337 e. The summed E-state index contributed by atoms with van der Waals surface area (Å²) in [7, 11) is 1.35. The first-order valence-electron chi connectivity index (χ1n) is 11.0. The summed E-state index contributed by atoms with van der Waals surface area (Å²) in [5, 5.41) is 3.85. The van der Waals surface area contributed by atoms with Gasteiger partial charge >= 0.3 is 5.97 Å². The molecule has 1 N–H and O–H groups in total. The lowest BCUT2D eigenvalue weighted by Gasteiger charge is -2.26. The molecule has 0 aliphatic carbocycles. The molecule has 0 spiro atoms. The summed E-state index contributed by atoms with van der Waals surface area (Å²) in [6.07, 6.45) is 1.73. The van der Waals surface area contributed by atoms with Crippen LogP contribution in [-0.4, -0.2) is 23.2 Å². The lowest BCUT2D eigenvalue weighted by molar-refractivity contribution is 0.0601. The molecule has 3 heterocycles. The van der Waals surface area contributed by atoms with Crippen LogP contribution in [0.2, 0.25) is 0 Å². The van der Waals surface area contributed by atoms with Gasteiger partial charge in [0, 0.05) is 17.4 Å². The number of carbonyl (C=O) groups excluding carboxylic acids is 1. The zero-order valence-corrected chi connectivity index (χ0v) is 19.9. The van der Waals surface area contributed by atoms with Crippen LogP contribution in [0.4, 0.5) is 10.1 Å². The number of esters is 1. The zero-order chi connectivity index (χ0) is 24.5. The predicted molar refractivity (Wildman–Crippen MR) is 135 cm³/mol. The van der Waals surface area contributed by atoms with Crippen LogP contribution in [0.3, 0.4) is 0 Å². The fourth-order valence-corrected chi connectivity index (χ4v) is 4.63. The quantitative estimate of drug-likeness (QED) is 0.284. The Balaban J connectivity index is 1.58. The van der Waals surface area contributed by atoms with Gasteiger partial charge in [-0.1, -0.05) is 18.2 Å². The summed E-state index contributed by atoms with van der Waals surface area (Å²) in [5.41, 5.74) is 3.24. The van der Waals surface area contributed by atoms with Crippen LogP contribution < -0.4 is 10.2 Å². The Hall–Kier alpha value is -4.04. The van der Waals surface area contributed by atoms with Crippen LogP contribution in [-0.2, 0) is 4.74 Å². The van der Waals surface area contributed by atoms with Crippen LogP contribution in [0.25, 0.3) is 11.3 Å². The maximum atomic E-state index is 14.0. The summed E-state index contributed by atoms with van der Waals surface area (Å²) in [4.78, 5) is 18.4. The summed E-state index contributed by atoms with van der Waals surface area (Å²) in [6, 6.07) is 20.7. The van der Waals surface area contributed by atoms with Crippen molar-refractivity contribution in [2.24, 2.45) is 0 Å². The van der Waals surface area contributed by atoms with Gasteiger partial charge in [0.05, 0.1) is 24.4 Å². The highest BCUT2D eigenvalue weighted by Crippen LogP contribution is 2.43. The monoisotopic (exact) mass is 487 g/mol. The van der Waals surface area contributed by atoms with Crippen molar-refractivity contribution in [1.82, 2.24) is 10.3 Å². The van der Waals surface area contributed by atoms with Gasteiger partial charge in [0.1, 0.15) is 23.4 Å². The van der Waals surface area contributed by atoms with Gasteiger partial charge in [0.15, 0.2) is 5.11 Å². The number of pyridine rings is 1. The first kappa shape index (κ1) is 22.7. The fourth-order valence-electron chi connectivity index (χ4n) is 4.28. The number of carbonyl (C=O) groups is 1. The van der Waals surface area contributed by atoms with Crippen LogP contribution in [0.15, 0.2) is 83.4 Å². The Kier molecular flexibility index (Phi) is 6.05. The predicted octanol–water partition coefficient (Wildman–Crippen LogP) is 5.75. The molecule has 0 amide bonds. The van der Waals surface area contributed by atoms with Crippen molar-refractivity contribution in [1.29, 1.82) is 0 Å². The number of hydrogen-bond donors (Lipinski definition) is 1. The highest BCUT2D eigenvalue weighted by atomic mass is 32.1. The summed E-state index contributed by atoms with van der Waals surface area (Å²) in [6.45, 7) is 1.72. The zero-order valence-electron chi connectivity index (χ0n) is 19.1. The first-order chi connectivity index (χ1) is 17.0. The number of halogens is 1. The molecular weight excluding hydrogens is 465 g/mol. The third kappa shape index (κ3) is 4.28. The number of aromatic nitrogens is 1. The van der Waals surface area contributed by atoms with Crippen molar-refractivity contribution < 1.29 is 18.3 Å². The average Bonchev–Trinajstić information content (AvgIpc) is 3.50. The fraction of sp³-hybridized carbons (Fsp3) is 0.148. The number of thiocarbonyl (C=S) groups is 1. The van der Waals surface area contributed by atoms with E-state index in [4.69, 9.17) is 21.4 Å². The molecule has 176 valence electrons. The standard InChI is InChI=1S/C27H22FN3O3S/c1-16-14-19(9-10-20(16)28)31-25(24(30-27(31)35)21-8-3-4-13-29-21)23-12-11-22(34-23)17-6-5-7-18(15-17)26(32)33-2/h3-15,24-25H,1-2H3,(H,30,35)/t24-,25-/m0/s1. The number of ether oxygens (including phenoxy) is 1. The van der Waals surface area contributed by atoms with Gasteiger partial charge < -0.3 is 19.4 Å². The van der Waals surface area contributed by atoms with E-state index in [1.807, 2.05) is 41.3 Å². The third-order valence-corrected chi connectivity index (χ3v) is 6.32. The van der Waals surface area contributed by atoms with E-state index in [0.717, 1.165) is 16.9 Å². The lowest BCUT2D eigenvalue weighted by Crippen LogP contribution is -2.29. The van der Waals surface area contributed by atoms with Crippen molar-refractivity contribution in [3.63, 3.8) is 0 Å². The van der Waals surface area contributed by atoms with E-state index >= 15 is 0 Å². The van der Waals surface area contributed by atoms with E-state index in [0.29, 0.717) is 27.8 Å². The molecule has 1 aliphatic rings. The van der Waals surface area contributed by atoms with Crippen molar-refractivity contribution in [2.45, 2.75) is 19.0 Å². The molecule has 2 aromatic heterocycles. The van der Waals surface area contributed by atoms with Crippen LogP contribution >= 0.6 is 12.2 Å². The molecule has 35 heavy (non-hydrogen) atoms. The number of methoxy groups -OCH3 is 1. The lowest BCUT2D eigenvalue weighted by atomic mass is 10.0. The summed E-state index contributed by atoms with van der Waals surface area (Å²) in [5.74, 6) is 0.541. The Morgan fingerprint density at radius 3 is 2.71 bits per heavy atom. The minimum Gasteiger partial charge on any atom is -0.465 e. The number of aryl methyl sites for hydroxylation is 1. The molecule has 2 aromatic carbocycles. The second-order valence-electron chi connectivity index (χ2n) is 8.20. The summed E-state index contributed by atoms with van der Waals surface area (Å²) < 4.78 is 25.2. The number of rotatable bonds is 5. The minimum absolute atomic E-state index is 0.282. The van der Waals surface area contributed by atoms with Gasteiger partial charge in [-0.15, -0.1) is 0 Å². The molecule has 0 saturated carbocycles. The smallest absolute Gasteiger partial charge is 0.337 e. The van der Waals surface area contributed by atoms with Gasteiger partial charge in [0.2, 0.25) is 0 Å². The maximum absolute atomic E-state index is 14.0. The Morgan fingerprint density at radius 2 is 1.97 bits per heavy atom. The highest BCUT2D eigenvalue weighted by Gasteiger charge is 2.42. The third-order valence-electron chi connectivity index (χ3n) is 6.00. The molecule has 2 atom stereocenters. The van der Waals surface area contributed by atoms with Gasteiger partial charge in [-0.05, 0) is 79.3 Å². The minimum atomic E-state index is -0.419. The topological polar surface area (TPSA) is 67.6 Å². The van der Waals surface area contributed by atoms with Crippen molar-refractivity contribution in [3.05, 3.63) is 107 Å². The Morgan fingerprint density at radius 1 is 1.11 bits per heavy atom. The highest BCUT2D eigenvalue weighted by molar-refractivity contribution is 7.80. The van der Waals surface area contributed by atoms with E-state index in [1.54, 1.807) is 43.5 Å². The van der Waals surface area contributed by atoms with E-state index in [9.17, 15) is 9.18 Å². The van der Waals surface area contributed by atoms with E-state index in [-0.39, 0.29) is 17.9 Å². The second-order valence-corrected chi connectivity index (χ2v) is 8.59. The molecule has 6 nitrogen and oxygen atoms in total. The molecule has 0 radical (unpaired) electrons. The van der Waals surface area contributed by atoms with Crippen molar-refractivity contribution >= 4 is 29.0 Å². The van der Waals surface area contributed by atoms with Crippen LogP contribution in [0.5, 0.6) is 0 Å². The number of anilines is 1. The first-order valence-corrected chi connectivity index (χ1v) is 11.4. The Labute approximate surface area is 207 Å². The molecule has 1 saturated heterocycles. The second kappa shape index (κ2) is 9.31. The number of hydrogen-bond acceptors (Lipinski definition) is 5. The van der Waals surface area contributed by atoms with E-state index in [2.05, 4.69) is 10.3 Å².